The molecule has 18 heavy (non-hydrogen) atoms. The van der Waals surface area contributed by atoms with Gasteiger partial charge in [-0.25, -0.2) is 4.79 Å². The van der Waals surface area contributed by atoms with E-state index in [1.54, 1.807) is 0 Å². The molecule has 1 heterocycles. The van der Waals surface area contributed by atoms with Gasteiger partial charge in [0.25, 0.3) is 0 Å². The summed E-state index contributed by atoms with van der Waals surface area (Å²) in [6.07, 6.45) is 2.03. The van der Waals surface area contributed by atoms with Gasteiger partial charge >= 0.3 is 5.82 Å². The molecule has 0 spiro atoms. The third-order valence-electron chi connectivity index (χ3n) is 2.25. The number of rotatable bonds is 3. The van der Waals surface area contributed by atoms with E-state index in [0.717, 1.165) is 11.9 Å². The van der Waals surface area contributed by atoms with Crippen LogP contribution in [0.25, 0.3) is 0 Å². The third-order valence-corrected chi connectivity index (χ3v) is 2.25. The lowest BCUT2D eigenvalue weighted by Gasteiger charge is -1.97. The van der Waals surface area contributed by atoms with E-state index in [0.29, 0.717) is 24.4 Å². The van der Waals surface area contributed by atoms with Gasteiger partial charge in [-0.1, -0.05) is 50.5 Å². The molecule has 0 aliphatic carbocycles. The molecule has 0 bridgehead atoms. The number of aryl methyl sites for hydroxylation is 1. The molecule has 0 atom stereocenters. The van der Waals surface area contributed by atoms with Crippen molar-refractivity contribution >= 4 is 7.85 Å². The average molecular weight is 244 g/mol. The van der Waals surface area contributed by atoms with Crippen LogP contribution in [0.5, 0.6) is 0 Å². The predicted molar refractivity (Wildman–Crippen MR) is 72.1 cm³/mol. The van der Waals surface area contributed by atoms with E-state index >= 15 is 0 Å². The summed E-state index contributed by atoms with van der Waals surface area (Å²) in [6.45, 7) is 3.84. The van der Waals surface area contributed by atoms with Crippen LogP contribution in [0.3, 0.4) is 0 Å². The maximum Gasteiger partial charge on any atom is 0.519 e. The van der Waals surface area contributed by atoms with E-state index in [-0.39, 0.29) is 0 Å². The minimum atomic E-state index is -0.613. The molecule has 0 aliphatic rings. The van der Waals surface area contributed by atoms with Gasteiger partial charge in [-0.2, -0.15) is 0 Å². The van der Waals surface area contributed by atoms with Gasteiger partial charge < -0.3 is 8.83 Å². The fraction of sp³-hybridized carbons (Fsp3) is 0.357. The molecule has 0 aliphatic heterocycles. The summed E-state index contributed by atoms with van der Waals surface area (Å²) in [5.41, 5.74) is 1.11. The second kappa shape index (κ2) is 7.59. The Hall–Kier alpha value is -1.71. The predicted octanol–water partition coefficient (Wildman–Crippen LogP) is 2.98. The molecule has 0 saturated carbocycles. The van der Waals surface area contributed by atoms with Gasteiger partial charge in [-0.15, -0.1) is 0 Å². The molecule has 0 amide bonds. The normalized spacial score (nSPS) is 9.67. The summed E-state index contributed by atoms with van der Waals surface area (Å²) >= 11 is 0. The monoisotopic (exact) mass is 244 g/mol. The highest BCUT2D eigenvalue weighted by molar-refractivity contribution is 6.08. The van der Waals surface area contributed by atoms with Crippen molar-refractivity contribution in [3.05, 3.63) is 58.0 Å². The van der Waals surface area contributed by atoms with E-state index in [2.05, 4.69) is 0 Å². The number of hydrogen-bond donors (Lipinski definition) is 0. The molecule has 2 aromatic rings. The van der Waals surface area contributed by atoms with E-state index in [9.17, 15) is 4.79 Å². The lowest BCUT2D eigenvalue weighted by atomic mass is 10.1. The van der Waals surface area contributed by atoms with Crippen LogP contribution in [0, 0.1) is 0 Å². The molecular formula is C14H17BO3. The fourth-order valence-electron chi connectivity index (χ4n) is 1.52. The molecule has 2 rings (SSSR count). The molecule has 0 saturated heterocycles. The molecule has 0 fully saturated rings. The summed E-state index contributed by atoms with van der Waals surface area (Å²) in [7, 11) is 4.85. The Kier molecular flexibility index (Phi) is 6.05. The molecule has 0 N–H and O–H groups in total. The Morgan fingerprint density at radius 2 is 1.61 bits per heavy atom. The van der Waals surface area contributed by atoms with Crippen molar-refractivity contribution in [2.75, 3.05) is 0 Å². The summed E-state index contributed by atoms with van der Waals surface area (Å²) in [5, 5.41) is 0. The molecule has 3 nitrogen and oxygen atoms in total. The zero-order chi connectivity index (χ0) is 13.4. The Morgan fingerprint density at radius 1 is 1.06 bits per heavy atom. The minimum Gasteiger partial charge on any atom is -0.396 e. The van der Waals surface area contributed by atoms with Gasteiger partial charge in [-0.3, -0.25) is 0 Å². The smallest absolute Gasteiger partial charge is 0.396 e. The van der Waals surface area contributed by atoms with Crippen LogP contribution in [0.15, 0.2) is 44.0 Å². The first kappa shape index (κ1) is 14.4. The number of benzene rings is 1. The first-order chi connectivity index (χ1) is 8.71. The van der Waals surface area contributed by atoms with Crippen molar-refractivity contribution in [2.45, 2.75) is 33.0 Å². The van der Waals surface area contributed by atoms with Gasteiger partial charge in [-0.05, 0) is 5.56 Å². The second-order valence-corrected chi connectivity index (χ2v) is 3.72. The van der Waals surface area contributed by atoms with Crippen molar-refractivity contribution in [2.24, 2.45) is 0 Å². The maximum atomic E-state index is 10.9. The second-order valence-electron chi connectivity index (χ2n) is 3.72. The molecule has 94 valence electrons. The van der Waals surface area contributed by atoms with Crippen LogP contribution in [0.4, 0.5) is 0 Å². The van der Waals surface area contributed by atoms with Gasteiger partial charge in [0.2, 0.25) is 0 Å². The Labute approximate surface area is 108 Å². The van der Waals surface area contributed by atoms with Crippen molar-refractivity contribution in [1.29, 1.82) is 0 Å². The van der Waals surface area contributed by atoms with E-state index in [4.69, 9.17) is 16.7 Å². The lowest BCUT2D eigenvalue weighted by Crippen LogP contribution is -1.90. The quantitative estimate of drug-likeness (QED) is 0.779. The van der Waals surface area contributed by atoms with Gasteiger partial charge in [0.15, 0.2) is 5.76 Å². The Bertz CT molecular complexity index is 499. The Balaban J connectivity index is 0.000000492. The summed E-state index contributed by atoms with van der Waals surface area (Å²) in [5.74, 6) is 0.662. The molecular weight excluding hydrogens is 227 g/mol. The first-order valence-electron chi connectivity index (χ1n) is 6.06. The third kappa shape index (κ3) is 4.28. The number of hydrogen-bond acceptors (Lipinski definition) is 3. The van der Waals surface area contributed by atoms with Crippen LogP contribution in [0.2, 0.25) is 6.32 Å². The first-order valence-corrected chi connectivity index (χ1v) is 6.06. The van der Waals surface area contributed by atoms with Crippen molar-refractivity contribution in [1.82, 2.24) is 0 Å². The zero-order valence-corrected chi connectivity index (χ0v) is 10.8. The minimum absolute atomic E-state index is 0.607. The van der Waals surface area contributed by atoms with Crippen LogP contribution in [0.1, 0.15) is 30.9 Å². The SMILES string of the molecule is CCc1oc(=O)oc1Cc1ccccc1.[B]CC. The van der Waals surface area contributed by atoms with Gasteiger partial charge in [0.1, 0.15) is 5.76 Å². The van der Waals surface area contributed by atoms with Crippen molar-refractivity contribution < 1.29 is 8.83 Å². The highest BCUT2D eigenvalue weighted by Gasteiger charge is 2.10. The van der Waals surface area contributed by atoms with Crippen molar-refractivity contribution in [3.8, 4) is 0 Å². The molecule has 1 aromatic heterocycles. The maximum absolute atomic E-state index is 10.9. The molecule has 0 unspecified atom stereocenters. The Morgan fingerprint density at radius 3 is 2.17 bits per heavy atom. The highest BCUT2D eigenvalue weighted by atomic mass is 16.6. The summed E-state index contributed by atoms with van der Waals surface area (Å²) in [4.78, 5) is 10.9. The molecule has 4 heteroatoms. The van der Waals surface area contributed by atoms with Gasteiger partial charge in [0.05, 0.1) is 7.85 Å². The lowest BCUT2D eigenvalue weighted by molar-refractivity contribution is 0.368. The summed E-state index contributed by atoms with van der Waals surface area (Å²) < 4.78 is 9.90. The van der Waals surface area contributed by atoms with Crippen LogP contribution >= 0.6 is 0 Å². The van der Waals surface area contributed by atoms with E-state index in [1.807, 2.05) is 44.2 Å². The van der Waals surface area contributed by atoms with Crippen LogP contribution in [-0.2, 0) is 12.8 Å². The topological polar surface area (TPSA) is 43.4 Å². The van der Waals surface area contributed by atoms with Crippen LogP contribution in [-0.4, -0.2) is 7.85 Å². The largest absolute Gasteiger partial charge is 0.519 e. The fourth-order valence-corrected chi connectivity index (χ4v) is 1.52. The summed E-state index contributed by atoms with van der Waals surface area (Å²) in [6, 6.07) is 9.85. The zero-order valence-electron chi connectivity index (χ0n) is 10.8. The van der Waals surface area contributed by atoms with E-state index < -0.39 is 5.82 Å². The molecule has 2 radical (unpaired) electrons. The highest BCUT2D eigenvalue weighted by Crippen LogP contribution is 2.13. The van der Waals surface area contributed by atoms with Gasteiger partial charge in [0, 0.05) is 12.8 Å². The van der Waals surface area contributed by atoms with Crippen LogP contribution < -0.4 is 5.82 Å². The molecule has 1 aromatic carbocycles. The van der Waals surface area contributed by atoms with Crippen molar-refractivity contribution in [3.63, 3.8) is 0 Å². The standard InChI is InChI=1S/C12H12O3.C2H5B/c1-2-10-11(15-12(13)14-10)8-9-6-4-3-5-7-9;1-2-3/h3-7H,2,8H2,1H3;2H2,1H3. The average Bonchev–Trinajstić information content (AvgIpc) is 2.72. The van der Waals surface area contributed by atoms with E-state index in [1.165, 1.54) is 0 Å².